The molecule has 2 aromatic rings. The SMILES string of the molecule is Cc1cc(N=C=NC2CCCCC2)c2ccccc2n1. The van der Waals surface area contributed by atoms with Crippen LogP contribution in [0.15, 0.2) is 40.3 Å². The van der Waals surface area contributed by atoms with Gasteiger partial charge in [-0.15, -0.1) is 0 Å². The van der Waals surface area contributed by atoms with Gasteiger partial charge in [-0.25, -0.2) is 4.99 Å². The highest BCUT2D eigenvalue weighted by Crippen LogP contribution is 2.25. The molecule has 0 atom stereocenters. The molecule has 1 aliphatic rings. The molecule has 3 nitrogen and oxygen atoms in total. The number of pyridine rings is 1. The van der Waals surface area contributed by atoms with E-state index < -0.39 is 0 Å². The van der Waals surface area contributed by atoms with E-state index in [1.807, 2.05) is 37.3 Å². The third-order valence-electron chi connectivity index (χ3n) is 3.81. The Morgan fingerprint density at radius 2 is 1.95 bits per heavy atom. The average Bonchev–Trinajstić information content (AvgIpc) is 2.48. The van der Waals surface area contributed by atoms with E-state index in [-0.39, 0.29) is 0 Å². The summed E-state index contributed by atoms with van der Waals surface area (Å²) >= 11 is 0. The molecule has 0 unspecified atom stereocenters. The van der Waals surface area contributed by atoms with Crippen LogP contribution in [-0.2, 0) is 0 Å². The minimum Gasteiger partial charge on any atom is -0.253 e. The fourth-order valence-corrected chi connectivity index (χ4v) is 2.75. The number of rotatable bonds is 2. The van der Waals surface area contributed by atoms with Crippen LogP contribution in [0.1, 0.15) is 37.8 Å². The zero-order valence-electron chi connectivity index (χ0n) is 11.8. The molecule has 1 fully saturated rings. The van der Waals surface area contributed by atoms with E-state index in [1.165, 1.54) is 32.1 Å². The summed E-state index contributed by atoms with van der Waals surface area (Å²) in [6.45, 7) is 1.99. The molecule has 1 aliphatic carbocycles. The number of nitrogens with zero attached hydrogens (tertiary/aromatic N) is 3. The van der Waals surface area contributed by atoms with Crippen LogP contribution >= 0.6 is 0 Å². The van der Waals surface area contributed by atoms with Gasteiger partial charge in [0.25, 0.3) is 0 Å². The summed E-state index contributed by atoms with van der Waals surface area (Å²) < 4.78 is 0. The molecule has 1 saturated carbocycles. The first-order valence-electron chi connectivity index (χ1n) is 7.35. The van der Waals surface area contributed by atoms with Crippen LogP contribution in [0.5, 0.6) is 0 Å². The molecule has 3 heteroatoms. The van der Waals surface area contributed by atoms with Crippen molar-refractivity contribution < 1.29 is 0 Å². The van der Waals surface area contributed by atoms with Crippen LogP contribution in [0.3, 0.4) is 0 Å². The molecule has 0 radical (unpaired) electrons. The second-order valence-electron chi connectivity index (χ2n) is 5.43. The molecule has 0 bridgehead atoms. The summed E-state index contributed by atoms with van der Waals surface area (Å²) in [5.41, 5.74) is 2.86. The van der Waals surface area contributed by atoms with Crippen LogP contribution < -0.4 is 0 Å². The predicted molar refractivity (Wildman–Crippen MR) is 82.9 cm³/mol. The normalized spacial score (nSPS) is 15.8. The van der Waals surface area contributed by atoms with Crippen molar-refractivity contribution in [3.8, 4) is 0 Å². The molecule has 0 amide bonds. The Morgan fingerprint density at radius 1 is 1.15 bits per heavy atom. The molecule has 0 saturated heterocycles. The Balaban J connectivity index is 1.91. The lowest BCUT2D eigenvalue weighted by Crippen LogP contribution is -2.08. The van der Waals surface area contributed by atoms with Crippen molar-refractivity contribution in [3.63, 3.8) is 0 Å². The van der Waals surface area contributed by atoms with Crippen molar-refractivity contribution in [2.75, 3.05) is 0 Å². The minimum atomic E-state index is 0.418. The average molecular weight is 265 g/mol. The smallest absolute Gasteiger partial charge is 0.0952 e. The van der Waals surface area contributed by atoms with Crippen molar-refractivity contribution in [2.45, 2.75) is 45.1 Å². The largest absolute Gasteiger partial charge is 0.253 e. The van der Waals surface area contributed by atoms with Gasteiger partial charge in [0.1, 0.15) is 0 Å². The first kappa shape index (κ1) is 13.0. The molecule has 1 aromatic heterocycles. The van der Waals surface area contributed by atoms with Crippen molar-refractivity contribution in [3.05, 3.63) is 36.0 Å². The van der Waals surface area contributed by atoms with E-state index in [2.05, 4.69) is 21.0 Å². The Bertz CT molecular complexity index is 663. The molecule has 20 heavy (non-hydrogen) atoms. The van der Waals surface area contributed by atoms with Gasteiger partial charge in [0, 0.05) is 11.1 Å². The molecule has 0 aliphatic heterocycles. The maximum Gasteiger partial charge on any atom is 0.0952 e. The number of hydrogen-bond acceptors (Lipinski definition) is 3. The van der Waals surface area contributed by atoms with Crippen LogP contribution in [0.2, 0.25) is 0 Å². The van der Waals surface area contributed by atoms with E-state index in [0.717, 1.165) is 22.3 Å². The van der Waals surface area contributed by atoms with E-state index in [1.54, 1.807) is 0 Å². The highest BCUT2D eigenvalue weighted by Gasteiger charge is 2.10. The van der Waals surface area contributed by atoms with Crippen LogP contribution in [0, 0.1) is 6.92 Å². The number of aliphatic imine (C=N–C) groups is 2. The summed E-state index contributed by atoms with van der Waals surface area (Å²) in [5.74, 6) is 0. The van der Waals surface area contributed by atoms with Gasteiger partial charge < -0.3 is 0 Å². The van der Waals surface area contributed by atoms with Gasteiger partial charge in [-0.2, -0.15) is 4.99 Å². The van der Waals surface area contributed by atoms with E-state index in [0.29, 0.717) is 6.04 Å². The minimum absolute atomic E-state index is 0.418. The van der Waals surface area contributed by atoms with E-state index in [4.69, 9.17) is 0 Å². The van der Waals surface area contributed by atoms with Gasteiger partial charge in [0.15, 0.2) is 0 Å². The molecule has 1 aromatic carbocycles. The van der Waals surface area contributed by atoms with Gasteiger partial charge in [-0.05, 0) is 31.9 Å². The Morgan fingerprint density at radius 3 is 2.80 bits per heavy atom. The lowest BCUT2D eigenvalue weighted by molar-refractivity contribution is 0.444. The number of fused-ring (bicyclic) bond motifs is 1. The fourth-order valence-electron chi connectivity index (χ4n) is 2.75. The van der Waals surface area contributed by atoms with Gasteiger partial charge >= 0.3 is 0 Å². The highest BCUT2D eigenvalue weighted by molar-refractivity contribution is 5.90. The molecular weight excluding hydrogens is 246 g/mol. The van der Waals surface area contributed by atoms with Gasteiger partial charge in [0.2, 0.25) is 0 Å². The first-order chi connectivity index (χ1) is 9.83. The quantitative estimate of drug-likeness (QED) is 0.726. The second kappa shape index (κ2) is 5.98. The summed E-state index contributed by atoms with van der Waals surface area (Å²) in [6, 6.07) is 13.4. The van der Waals surface area contributed by atoms with Crippen LogP contribution in [-0.4, -0.2) is 17.0 Å². The number of aromatic nitrogens is 1. The van der Waals surface area contributed by atoms with Crippen LogP contribution in [0.25, 0.3) is 10.9 Å². The predicted octanol–water partition coefficient (Wildman–Crippen LogP) is 4.68. The third kappa shape index (κ3) is 2.94. The summed E-state index contributed by atoms with van der Waals surface area (Å²) in [7, 11) is 0. The van der Waals surface area contributed by atoms with Gasteiger partial charge in [-0.3, -0.25) is 4.98 Å². The maximum atomic E-state index is 4.52. The fraction of sp³-hybridized carbons (Fsp3) is 0.412. The number of hydrogen-bond donors (Lipinski definition) is 0. The zero-order valence-corrected chi connectivity index (χ0v) is 11.8. The summed E-state index contributed by atoms with van der Waals surface area (Å²) in [5, 5.41) is 1.06. The van der Waals surface area contributed by atoms with E-state index >= 15 is 0 Å². The van der Waals surface area contributed by atoms with E-state index in [9.17, 15) is 0 Å². The molecule has 0 N–H and O–H groups in total. The second-order valence-corrected chi connectivity index (χ2v) is 5.43. The number of aryl methyl sites for hydroxylation is 1. The lowest BCUT2D eigenvalue weighted by Gasteiger charge is -2.15. The van der Waals surface area contributed by atoms with Gasteiger partial charge in [0.05, 0.1) is 23.3 Å². The Labute approximate surface area is 119 Å². The molecule has 0 spiro atoms. The third-order valence-corrected chi connectivity index (χ3v) is 3.81. The lowest BCUT2D eigenvalue weighted by atomic mass is 9.96. The molecule has 1 heterocycles. The van der Waals surface area contributed by atoms with Crippen molar-refractivity contribution in [1.29, 1.82) is 0 Å². The van der Waals surface area contributed by atoms with Crippen molar-refractivity contribution >= 4 is 22.6 Å². The summed E-state index contributed by atoms with van der Waals surface area (Å²) in [4.78, 5) is 13.4. The highest BCUT2D eigenvalue weighted by atomic mass is 14.9. The Hall–Kier alpha value is -1.99. The first-order valence-corrected chi connectivity index (χ1v) is 7.35. The maximum absolute atomic E-state index is 4.52. The number of benzene rings is 1. The standard InChI is InChI=1S/C17H19N3/c1-13-11-17(15-9-5-6-10-16(15)20-13)19-12-18-14-7-3-2-4-8-14/h5-6,9-11,14H,2-4,7-8H2,1H3. The van der Waals surface area contributed by atoms with Crippen LogP contribution in [0.4, 0.5) is 5.69 Å². The monoisotopic (exact) mass is 265 g/mol. The summed E-state index contributed by atoms with van der Waals surface area (Å²) in [6.07, 6.45) is 6.27. The topological polar surface area (TPSA) is 37.6 Å². The molecule has 102 valence electrons. The number of para-hydroxylation sites is 1. The zero-order chi connectivity index (χ0) is 13.8. The van der Waals surface area contributed by atoms with Gasteiger partial charge in [-0.1, -0.05) is 37.5 Å². The molecular formula is C17H19N3. The Kier molecular flexibility index (Phi) is 3.89. The van der Waals surface area contributed by atoms with Crippen molar-refractivity contribution in [2.24, 2.45) is 9.98 Å². The molecule has 3 rings (SSSR count). The van der Waals surface area contributed by atoms with Crippen molar-refractivity contribution in [1.82, 2.24) is 4.98 Å².